The van der Waals surface area contributed by atoms with Gasteiger partial charge in [0.05, 0.1) is 38.6 Å². The van der Waals surface area contributed by atoms with Gasteiger partial charge in [-0.15, -0.1) is 0 Å². The molecule has 3 heterocycles. The smallest absolute Gasteiger partial charge is 0.494 e. The molecule has 0 aliphatic carbocycles. The summed E-state index contributed by atoms with van der Waals surface area (Å²) in [6.07, 6.45) is 36.0. The minimum absolute atomic E-state index is 0.228. The van der Waals surface area contributed by atoms with Crippen LogP contribution in [0.25, 0.3) is 0 Å². The maximum Gasteiger partial charge on any atom is 0.496 e. The van der Waals surface area contributed by atoms with E-state index in [1.54, 1.807) is 0 Å². The number of rotatable bonds is 35. The molecule has 0 bridgehead atoms. The number of ether oxygens (including phenoxy) is 3. The molecule has 2 aromatic rings. The first kappa shape index (κ1) is 49.0. The van der Waals surface area contributed by atoms with Gasteiger partial charge in [0.2, 0.25) is 5.79 Å². The molecule has 5 rings (SSSR count). The molecular weight excluding hydrogens is 750 g/mol. The molecule has 1 N–H and O–H groups in total. The van der Waals surface area contributed by atoms with E-state index in [1.807, 2.05) is 48.5 Å². The summed E-state index contributed by atoms with van der Waals surface area (Å²) in [6.45, 7) is 5.82. The molecule has 10 heteroatoms. The van der Waals surface area contributed by atoms with E-state index in [4.69, 9.17) is 32.8 Å². The number of fused-ring (bicyclic) bond motifs is 3. The fourth-order valence-electron chi connectivity index (χ4n) is 9.03. The van der Waals surface area contributed by atoms with Crippen molar-refractivity contribution >= 4 is 25.2 Å². The Labute approximate surface area is 366 Å². The lowest BCUT2D eigenvalue weighted by Gasteiger charge is -2.41. The van der Waals surface area contributed by atoms with Gasteiger partial charge in [-0.1, -0.05) is 205 Å². The number of hydrogen-bond acceptors (Lipinski definition) is 8. The van der Waals surface area contributed by atoms with E-state index in [0.717, 1.165) is 35.3 Å². The van der Waals surface area contributed by atoms with Gasteiger partial charge in [0.1, 0.15) is 17.6 Å². The van der Waals surface area contributed by atoms with Crippen molar-refractivity contribution in [1.82, 2.24) is 0 Å². The average molecular weight is 833 g/mol. The zero-order valence-corrected chi connectivity index (χ0v) is 37.9. The maximum atomic E-state index is 10.6. The van der Waals surface area contributed by atoms with Crippen LogP contribution in [0.4, 0.5) is 0 Å². The Morgan fingerprint density at radius 1 is 0.533 bits per heavy atom. The second kappa shape index (κ2) is 29.3. The van der Waals surface area contributed by atoms with Crippen molar-refractivity contribution in [3.8, 4) is 11.5 Å². The van der Waals surface area contributed by atoms with Crippen molar-refractivity contribution in [1.29, 1.82) is 0 Å². The van der Waals surface area contributed by atoms with Gasteiger partial charge in [0.15, 0.2) is 0 Å². The van der Waals surface area contributed by atoms with Gasteiger partial charge in [0.25, 0.3) is 0 Å². The number of aliphatic hydroxyl groups excluding tert-OH is 1. The van der Waals surface area contributed by atoms with E-state index in [1.165, 1.54) is 167 Å². The average Bonchev–Trinajstić information content (AvgIpc) is 3.90. The van der Waals surface area contributed by atoms with E-state index in [0.29, 0.717) is 13.2 Å². The summed E-state index contributed by atoms with van der Waals surface area (Å²) in [4.78, 5) is 0. The monoisotopic (exact) mass is 833 g/mol. The molecule has 0 radical (unpaired) electrons. The van der Waals surface area contributed by atoms with Crippen LogP contribution in [0.2, 0.25) is 0 Å². The summed E-state index contributed by atoms with van der Waals surface area (Å²) >= 11 is 0. The van der Waals surface area contributed by atoms with Crippen LogP contribution in [0.3, 0.4) is 0 Å². The molecule has 0 aromatic heterocycles. The van der Waals surface area contributed by atoms with Gasteiger partial charge in [0, 0.05) is 0 Å². The molecular formula is C50H82B2O8. The van der Waals surface area contributed by atoms with Crippen molar-refractivity contribution in [2.45, 2.75) is 218 Å². The Kier molecular flexibility index (Phi) is 23.9. The van der Waals surface area contributed by atoms with Crippen LogP contribution in [-0.2, 0) is 23.4 Å². The van der Waals surface area contributed by atoms with Gasteiger partial charge < -0.3 is 37.9 Å². The second-order valence-corrected chi connectivity index (χ2v) is 17.9. The highest BCUT2D eigenvalue weighted by atomic mass is 16.8. The van der Waals surface area contributed by atoms with E-state index >= 15 is 0 Å². The normalized spacial score (nSPS) is 21.1. The third-order valence-electron chi connectivity index (χ3n) is 12.8. The van der Waals surface area contributed by atoms with Gasteiger partial charge in [-0.05, 0) is 48.0 Å². The summed E-state index contributed by atoms with van der Waals surface area (Å²) in [5, 5.41) is 10.6. The van der Waals surface area contributed by atoms with E-state index in [9.17, 15) is 5.11 Å². The molecule has 2 aromatic carbocycles. The molecule has 0 saturated carbocycles. The van der Waals surface area contributed by atoms with Gasteiger partial charge >= 0.3 is 14.2 Å². The highest BCUT2D eigenvalue weighted by Crippen LogP contribution is 2.41. The fraction of sp³-hybridized carbons (Fsp3) is 0.760. The third kappa shape index (κ3) is 16.9. The first-order valence-corrected chi connectivity index (χ1v) is 25.0. The Balaban J connectivity index is 0.957. The standard InChI is InChI=1S/C50H82B2O8/c1-3-5-7-9-11-13-15-17-19-21-23-25-27-29-37-54-45-35-31-33-43(39-45)51-57-47-41-56-50(42-53)49(48(47)58-51)59-52(60-50)44-34-32-36-46(40-44)55-38-30-28-26-24-22-20-18-16-14-12-10-8-6-4-2/h31-36,39-40,47-49,53H,3-30,37-38,41-42H2,1-2H3/t47-,48-,49+,50+/m1/s1. The van der Waals surface area contributed by atoms with Crippen LogP contribution in [0, 0.1) is 0 Å². The summed E-state index contributed by atoms with van der Waals surface area (Å²) in [6, 6.07) is 15.8. The molecule has 336 valence electrons. The molecule has 0 spiro atoms. The molecule has 0 amide bonds. The van der Waals surface area contributed by atoms with Crippen molar-refractivity contribution in [2.75, 3.05) is 26.4 Å². The van der Waals surface area contributed by atoms with Gasteiger partial charge in [-0.3, -0.25) is 0 Å². The number of unbranched alkanes of at least 4 members (excludes halogenated alkanes) is 26. The molecule has 3 aliphatic rings. The zero-order chi connectivity index (χ0) is 41.9. The van der Waals surface area contributed by atoms with Crippen molar-refractivity contribution in [2.24, 2.45) is 0 Å². The molecule has 3 aliphatic heterocycles. The van der Waals surface area contributed by atoms with Crippen LogP contribution >= 0.6 is 0 Å². The number of hydrogen-bond donors (Lipinski definition) is 1. The first-order valence-electron chi connectivity index (χ1n) is 25.0. The maximum absolute atomic E-state index is 10.6. The SMILES string of the molecule is CCCCCCCCCCCCCCCCOc1cccc(B2O[C@@H]3[C@@H](CO[C@@]4(CO)OB(c5cccc(OCCCCCCCCCCCCCCCC)c5)O[C@@H]34)O2)c1. The van der Waals surface area contributed by atoms with Crippen molar-refractivity contribution in [3.63, 3.8) is 0 Å². The Bertz CT molecular complexity index is 1400. The van der Waals surface area contributed by atoms with Crippen molar-refractivity contribution < 1.29 is 37.9 Å². The second-order valence-electron chi connectivity index (χ2n) is 17.9. The predicted octanol–water partition coefficient (Wildman–Crippen LogP) is 11.4. The fourth-order valence-corrected chi connectivity index (χ4v) is 9.03. The van der Waals surface area contributed by atoms with Crippen molar-refractivity contribution in [3.05, 3.63) is 48.5 Å². The summed E-state index contributed by atoms with van der Waals surface area (Å²) in [5.41, 5.74) is 1.70. The molecule has 4 atom stereocenters. The predicted molar refractivity (Wildman–Crippen MR) is 247 cm³/mol. The largest absolute Gasteiger partial charge is 0.496 e. The Hall–Kier alpha value is -2.07. The third-order valence-corrected chi connectivity index (χ3v) is 12.8. The lowest BCUT2D eigenvalue weighted by Crippen LogP contribution is -2.60. The molecule has 8 nitrogen and oxygen atoms in total. The first-order chi connectivity index (χ1) is 29.7. The zero-order valence-electron chi connectivity index (χ0n) is 37.9. The van der Waals surface area contributed by atoms with Gasteiger partial charge in [-0.2, -0.15) is 0 Å². The highest BCUT2D eigenvalue weighted by molar-refractivity contribution is 6.62. The van der Waals surface area contributed by atoms with Gasteiger partial charge in [-0.25, -0.2) is 0 Å². The lowest BCUT2D eigenvalue weighted by atomic mass is 9.79. The number of aliphatic hydroxyl groups is 1. The Morgan fingerprint density at radius 3 is 1.38 bits per heavy atom. The molecule has 0 unspecified atom stereocenters. The lowest BCUT2D eigenvalue weighted by molar-refractivity contribution is -0.270. The summed E-state index contributed by atoms with van der Waals surface area (Å²) in [7, 11) is -1.34. The van der Waals surface area contributed by atoms with Crippen LogP contribution < -0.4 is 20.4 Å². The quantitative estimate of drug-likeness (QED) is 0.0543. The van der Waals surface area contributed by atoms with E-state index < -0.39 is 32.2 Å². The highest BCUT2D eigenvalue weighted by Gasteiger charge is 2.63. The Morgan fingerprint density at radius 2 is 0.950 bits per heavy atom. The van der Waals surface area contributed by atoms with Crippen LogP contribution in [0.5, 0.6) is 11.5 Å². The summed E-state index contributed by atoms with van der Waals surface area (Å²) in [5.74, 6) is 0.263. The number of benzene rings is 2. The van der Waals surface area contributed by atoms with Crippen LogP contribution in [-0.4, -0.2) is 69.9 Å². The topological polar surface area (TPSA) is 84.8 Å². The van der Waals surface area contributed by atoms with Crippen LogP contribution in [0.15, 0.2) is 48.5 Å². The minimum atomic E-state index is -1.34. The molecule has 3 saturated heterocycles. The molecule has 3 fully saturated rings. The van der Waals surface area contributed by atoms with E-state index in [2.05, 4.69) is 13.8 Å². The van der Waals surface area contributed by atoms with E-state index in [-0.39, 0.29) is 19.3 Å². The molecule has 60 heavy (non-hydrogen) atoms. The summed E-state index contributed by atoms with van der Waals surface area (Å²) < 4.78 is 44.2. The van der Waals surface area contributed by atoms with Crippen LogP contribution in [0.1, 0.15) is 194 Å². The minimum Gasteiger partial charge on any atom is -0.494 e.